The number of nitrogens with zero attached hydrogens (tertiary/aromatic N) is 2. The molecule has 1 fully saturated rings. The summed E-state index contributed by atoms with van der Waals surface area (Å²) >= 11 is 0. The molecule has 0 amide bonds. The van der Waals surface area contributed by atoms with Gasteiger partial charge in [-0.1, -0.05) is 19.1 Å². The normalized spacial score (nSPS) is 18.9. The first-order valence-electron chi connectivity index (χ1n) is 6.17. The fourth-order valence-corrected chi connectivity index (χ4v) is 2.13. The summed E-state index contributed by atoms with van der Waals surface area (Å²) in [6, 6.07) is 8.21. The molecule has 1 aliphatic rings. The first kappa shape index (κ1) is 11.9. The van der Waals surface area contributed by atoms with E-state index in [2.05, 4.69) is 25.2 Å². The van der Waals surface area contributed by atoms with Crippen molar-refractivity contribution in [2.75, 3.05) is 24.7 Å². The Morgan fingerprint density at radius 1 is 1.53 bits per heavy atom. The lowest BCUT2D eigenvalue weighted by Gasteiger charge is -2.19. The minimum atomic E-state index is 0.486. The Balaban J connectivity index is 2.08. The van der Waals surface area contributed by atoms with Crippen LogP contribution in [0.5, 0.6) is 0 Å². The van der Waals surface area contributed by atoms with Crippen molar-refractivity contribution in [3.05, 3.63) is 29.8 Å². The molecule has 0 aliphatic carbocycles. The number of ether oxygens (including phenoxy) is 1. The van der Waals surface area contributed by atoms with E-state index in [9.17, 15) is 5.26 Å². The molecule has 0 radical (unpaired) electrons. The molecular weight excluding hydrogens is 212 g/mol. The predicted molar refractivity (Wildman–Crippen MR) is 67.7 cm³/mol. The molecule has 1 aromatic rings. The summed E-state index contributed by atoms with van der Waals surface area (Å²) in [5, 5.41) is 9.24. The molecule has 0 saturated carbocycles. The van der Waals surface area contributed by atoms with Crippen LogP contribution in [0.4, 0.5) is 5.69 Å². The molecule has 0 aromatic heterocycles. The molecule has 0 unspecified atom stereocenters. The standard InChI is InChI=1S/C14H18N2O/c1-2-12-4-3-5-14(8-12)16(11-15)9-13-6-7-17-10-13/h3-5,8,13H,2,6-7,9-10H2,1H3/t13-/m0/s1. The largest absolute Gasteiger partial charge is 0.381 e. The lowest BCUT2D eigenvalue weighted by molar-refractivity contribution is 0.187. The summed E-state index contributed by atoms with van der Waals surface area (Å²) in [5.74, 6) is 0.486. The zero-order chi connectivity index (χ0) is 12.1. The molecule has 17 heavy (non-hydrogen) atoms. The maximum absolute atomic E-state index is 9.24. The van der Waals surface area contributed by atoms with Gasteiger partial charge in [0.1, 0.15) is 0 Å². The van der Waals surface area contributed by atoms with Crippen LogP contribution in [0, 0.1) is 17.4 Å². The topological polar surface area (TPSA) is 36.3 Å². The van der Waals surface area contributed by atoms with Gasteiger partial charge >= 0.3 is 0 Å². The minimum absolute atomic E-state index is 0.486. The van der Waals surface area contributed by atoms with Crippen molar-refractivity contribution in [1.82, 2.24) is 0 Å². The monoisotopic (exact) mass is 230 g/mol. The number of hydrogen-bond acceptors (Lipinski definition) is 3. The highest BCUT2D eigenvalue weighted by atomic mass is 16.5. The van der Waals surface area contributed by atoms with Gasteiger partial charge in [-0.2, -0.15) is 5.26 Å². The first-order chi connectivity index (χ1) is 8.33. The summed E-state index contributed by atoms with van der Waals surface area (Å²) in [4.78, 5) is 1.78. The summed E-state index contributed by atoms with van der Waals surface area (Å²) in [6.07, 6.45) is 4.34. The van der Waals surface area contributed by atoms with Crippen LogP contribution in [0.15, 0.2) is 24.3 Å². The molecule has 1 aliphatic heterocycles. The smallest absolute Gasteiger partial charge is 0.184 e. The highest BCUT2D eigenvalue weighted by Gasteiger charge is 2.19. The molecule has 1 atom stereocenters. The number of rotatable bonds is 4. The van der Waals surface area contributed by atoms with Crippen LogP contribution >= 0.6 is 0 Å². The van der Waals surface area contributed by atoms with Crippen LogP contribution in [-0.2, 0) is 11.2 Å². The van der Waals surface area contributed by atoms with Gasteiger partial charge in [0.15, 0.2) is 6.19 Å². The highest BCUT2D eigenvalue weighted by Crippen LogP contribution is 2.20. The average molecular weight is 230 g/mol. The Hall–Kier alpha value is -1.53. The molecule has 1 aromatic carbocycles. The second-order valence-corrected chi connectivity index (χ2v) is 4.46. The molecule has 1 saturated heterocycles. The molecule has 0 N–H and O–H groups in total. The van der Waals surface area contributed by atoms with Crippen molar-refractivity contribution in [3.63, 3.8) is 0 Å². The van der Waals surface area contributed by atoms with Gasteiger partial charge in [0.05, 0.1) is 12.3 Å². The van der Waals surface area contributed by atoms with Crippen LogP contribution in [-0.4, -0.2) is 19.8 Å². The molecule has 3 nitrogen and oxygen atoms in total. The van der Waals surface area contributed by atoms with E-state index in [0.717, 1.165) is 38.3 Å². The Morgan fingerprint density at radius 3 is 3.06 bits per heavy atom. The van der Waals surface area contributed by atoms with Gasteiger partial charge in [0.25, 0.3) is 0 Å². The van der Waals surface area contributed by atoms with Gasteiger partial charge in [0, 0.05) is 19.1 Å². The van der Waals surface area contributed by atoms with Gasteiger partial charge in [-0.15, -0.1) is 0 Å². The Kier molecular flexibility index (Phi) is 4.00. The van der Waals surface area contributed by atoms with Crippen molar-refractivity contribution in [3.8, 4) is 6.19 Å². The van der Waals surface area contributed by atoms with E-state index < -0.39 is 0 Å². The number of anilines is 1. The fourth-order valence-electron chi connectivity index (χ4n) is 2.13. The van der Waals surface area contributed by atoms with Crippen LogP contribution in [0.1, 0.15) is 18.9 Å². The van der Waals surface area contributed by atoms with Gasteiger partial charge in [-0.25, -0.2) is 0 Å². The Labute approximate surface area is 103 Å². The number of benzene rings is 1. The first-order valence-corrected chi connectivity index (χ1v) is 6.17. The van der Waals surface area contributed by atoms with Crippen LogP contribution < -0.4 is 4.90 Å². The number of hydrogen-bond donors (Lipinski definition) is 0. The maximum Gasteiger partial charge on any atom is 0.184 e. The van der Waals surface area contributed by atoms with Gasteiger partial charge in [-0.3, -0.25) is 4.90 Å². The van der Waals surface area contributed by atoms with Crippen molar-refractivity contribution < 1.29 is 4.74 Å². The van der Waals surface area contributed by atoms with Crippen molar-refractivity contribution in [1.29, 1.82) is 5.26 Å². The van der Waals surface area contributed by atoms with Crippen molar-refractivity contribution in [2.45, 2.75) is 19.8 Å². The lowest BCUT2D eigenvalue weighted by atomic mass is 10.1. The minimum Gasteiger partial charge on any atom is -0.381 e. The molecular formula is C14H18N2O. The van der Waals surface area contributed by atoms with Crippen LogP contribution in [0.3, 0.4) is 0 Å². The third-order valence-electron chi connectivity index (χ3n) is 3.22. The summed E-state index contributed by atoms with van der Waals surface area (Å²) in [6.45, 7) is 4.51. The molecule has 1 heterocycles. The molecule has 3 heteroatoms. The third kappa shape index (κ3) is 2.98. The quantitative estimate of drug-likeness (QED) is 0.589. The van der Waals surface area contributed by atoms with Gasteiger partial charge < -0.3 is 4.74 Å². The van der Waals surface area contributed by atoms with E-state index >= 15 is 0 Å². The number of nitriles is 1. The van der Waals surface area contributed by atoms with E-state index in [0.29, 0.717) is 5.92 Å². The second kappa shape index (κ2) is 5.70. The molecule has 2 rings (SSSR count). The summed E-state index contributed by atoms with van der Waals surface area (Å²) in [7, 11) is 0. The zero-order valence-corrected chi connectivity index (χ0v) is 10.2. The van der Waals surface area contributed by atoms with Gasteiger partial charge in [0.2, 0.25) is 0 Å². The molecule has 0 spiro atoms. The lowest BCUT2D eigenvalue weighted by Crippen LogP contribution is -2.25. The molecule has 90 valence electrons. The Bertz CT molecular complexity index is 405. The summed E-state index contributed by atoms with van der Waals surface area (Å²) in [5.41, 5.74) is 2.27. The Morgan fingerprint density at radius 2 is 2.41 bits per heavy atom. The van der Waals surface area contributed by atoms with Crippen LogP contribution in [0.2, 0.25) is 0 Å². The molecule has 0 bridgehead atoms. The van der Waals surface area contributed by atoms with E-state index in [1.807, 2.05) is 12.1 Å². The van der Waals surface area contributed by atoms with Gasteiger partial charge in [-0.05, 0) is 30.5 Å². The second-order valence-electron chi connectivity index (χ2n) is 4.46. The SMILES string of the molecule is CCc1cccc(N(C#N)C[C@@H]2CCOC2)c1. The van der Waals surface area contributed by atoms with E-state index in [1.54, 1.807) is 4.90 Å². The predicted octanol–water partition coefficient (Wildman–Crippen LogP) is 2.57. The van der Waals surface area contributed by atoms with Crippen LogP contribution in [0.25, 0.3) is 0 Å². The average Bonchev–Trinajstić information content (AvgIpc) is 2.89. The summed E-state index contributed by atoms with van der Waals surface area (Å²) < 4.78 is 5.35. The zero-order valence-electron chi connectivity index (χ0n) is 10.2. The van der Waals surface area contributed by atoms with E-state index in [-0.39, 0.29) is 0 Å². The number of aryl methyl sites for hydroxylation is 1. The maximum atomic E-state index is 9.24. The fraction of sp³-hybridized carbons (Fsp3) is 0.500. The third-order valence-corrected chi connectivity index (χ3v) is 3.22. The van der Waals surface area contributed by atoms with E-state index in [1.165, 1.54) is 5.56 Å². The highest BCUT2D eigenvalue weighted by molar-refractivity contribution is 5.52. The van der Waals surface area contributed by atoms with E-state index in [4.69, 9.17) is 4.74 Å². The van der Waals surface area contributed by atoms with Crippen molar-refractivity contribution in [2.24, 2.45) is 5.92 Å². The van der Waals surface area contributed by atoms with Crippen molar-refractivity contribution >= 4 is 5.69 Å².